The van der Waals surface area contributed by atoms with E-state index in [0.29, 0.717) is 13.1 Å². The molecule has 33 heavy (non-hydrogen) atoms. The molecule has 1 aromatic carbocycles. The van der Waals surface area contributed by atoms with Gasteiger partial charge in [-0.3, -0.25) is 4.68 Å². The standard InChI is InChI=1S/C25H28N6O2/c1-25(2,3)33-24(32)31-11-8-16(9-12-31)21-14-19-20(7-10-26-23(19)29-21)28-18-5-6-22-17(13-18)15-27-30(22)4/h5-8,10,13-15H,9,11-12H2,1-4H3,(H2,26,28,29). The van der Waals surface area contributed by atoms with Gasteiger partial charge in [-0.1, -0.05) is 6.08 Å². The van der Waals surface area contributed by atoms with Crippen LogP contribution in [0.25, 0.3) is 27.5 Å². The summed E-state index contributed by atoms with van der Waals surface area (Å²) >= 11 is 0. The fourth-order valence-corrected chi connectivity index (χ4v) is 4.11. The zero-order valence-electron chi connectivity index (χ0n) is 19.3. The van der Waals surface area contributed by atoms with Crippen molar-refractivity contribution < 1.29 is 9.53 Å². The molecule has 4 heterocycles. The Morgan fingerprint density at radius 3 is 2.82 bits per heavy atom. The number of ether oxygens (including phenoxy) is 1. The number of carbonyl (C=O) groups is 1. The smallest absolute Gasteiger partial charge is 0.410 e. The summed E-state index contributed by atoms with van der Waals surface area (Å²) in [6, 6.07) is 10.3. The van der Waals surface area contributed by atoms with Crippen molar-refractivity contribution in [1.82, 2.24) is 24.6 Å². The van der Waals surface area contributed by atoms with Crippen LogP contribution in [0.4, 0.5) is 16.2 Å². The molecule has 8 nitrogen and oxygen atoms in total. The van der Waals surface area contributed by atoms with Gasteiger partial charge in [0, 0.05) is 48.5 Å². The van der Waals surface area contributed by atoms with Crippen molar-refractivity contribution in [3.63, 3.8) is 0 Å². The van der Waals surface area contributed by atoms with Crippen LogP contribution in [0.2, 0.25) is 0 Å². The van der Waals surface area contributed by atoms with Crippen LogP contribution in [-0.2, 0) is 11.8 Å². The van der Waals surface area contributed by atoms with Gasteiger partial charge in [0.2, 0.25) is 0 Å². The summed E-state index contributed by atoms with van der Waals surface area (Å²) in [6.45, 7) is 6.80. The SMILES string of the molecule is Cn1ncc2cc(Nc3ccnc4[nH]c(C5=CCN(C(=O)OC(C)(C)C)CC5)cc34)ccc21. The van der Waals surface area contributed by atoms with E-state index in [2.05, 4.69) is 50.7 Å². The average Bonchev–Trinajstić information content (AvgIpc) is 3.37. The molecule has 170 valence electrons. The number of fused-ring (bicyclic) bond motifs is 2. The Labute approximate surface area is 192 Å². The van der Waals surface area contributed by atoms with Gasteiger partial charge in [0.15, 0.2) is 0 Å². The normalized spacial score (nSPS) is 14.5. The maximum Gasteiger partial charge on any atom is 0.410 e. The lowest BCUT2D eigenvalue weighted by Gasteiger charge is -2.29. The van der Waals surface area contributed by atoms with Gasteiger partial charge >= 0.3 is 6.09 Å². The van der Waals surface area contributed by atoms with E-state index in [1.54, 1.807) is 11.1 Å². The fourth-order valence-electron chi connectivity index (χ4n) is 4.11. The third-order valence-electron chi connectivity index (χ3n) is 5.76. The molecule has 0 unspecified atom stereocenters. The first-order valence-corrected chi connectivity index (χ1v) is 11.1. The van der Waals surface area contributed by atoms with Crippen molar-refractivity contribution in [3.8, 4) is 0 Å². The zero-order chi connectivity index (χ0) is 23.2. The first kappa shape index (κ1) is 21.1. The molecule has 5 rings (SSSR count). The first-order valence-electron chi connectivity index (χ1n) is 11.1. The van der Waals surface area contributed by atoms with Crippen LogP contribution in [-0.4, -0.2) is 49.4 Å². The topological polar surface area (TPSA) is 88.1 Å². The van der Waals surface area contributed by atoms with E-state index in [-0.39, 0.29) is 6.09 Å². The summed E-state index contributed by atoms with van der Waals surface area (Å²) in [6.07, 6.45) is 6.24. The molecule has 4 aromatic rings. The van der Waals surface area contributed by atoms with E-state index in [0.717, 1.165) is 45.4 Å². The lowest BCUT2D eigenvalue weighted by atomic mass is 10.0. The number of carbonyl (C=O) groups excluding carboxylic acids is 1. The van der Waals surface area contributed by atoms with Crippen LogP contribution in [0.1, 0.15) is 32.9 Å². The lowest BCUT2D eigenvalue weighted by Crippen LogP contribution is -2.39. The third-order valence-corrected chi connectivity index (χ3v) is 5.76. The molecular weight excluding hydrogens is 416 g/mol. The van der Waals surface area contributed by atoms with Crippen molar-refractivity contribution in [3.05, 3.63) is 54.5 Å². The van der Waals surface area contributed by atoms with Crippen LogP contribution >= 0.6 is 0 Å². The van der Waals surface area contributed by atoms with E-state index >= 15 is 0 Å². The molecule has 2 N–H and O–H groups in total. The molecule has 0 aliphatic carbocycles. The van der Waals surface area contributed by atoms with Crippen LogP contribution in [0.15, 0.2) is 48.8 Å². The molecule has 0 fully saturated rings. The minimum atomic E-state index is -0.491. The molecule has 3 aromatic heterocycles. The van der Waals surface area contributed by atoms with Crippen LogP contribution in [0, 0.1) is 0 Å². The molecule has 1 amide bonds. The highest BCUT2D eigenvalue weighted by atomic mass is 16.6. The summed E-state index contributed by atoms with van der Waals surface area (Å²) in [4.78, 5) is 22.0. The van der Waals surface area contributed by atoms with E-state index in [1.807, 2.05) is 44.8 Å². The van der Waals surface area contributed by atoms with E-state index < -0.39 is 5.60 Å². The minimum Gasteiger partial charge on any atom is -0.444 e. The van der Waals surface area contributed by atoms with E-state index in [1.165, 1.54) is 5.57 Å². The van der Waals surface area contributed by atoms with Crippen LogP contribution < -0.4 is 5.32 Å². The summed E-state index contributed by atoms with van der Waals surface area (Å²) in [5.41, 5.74) is 5.61. The fraction of sp³-hybridized carbons (Fsp3) is 0.320. The van der Waals surface area contributed by atoms with Gasteiger partial charge in [-0.05, 0) is 63.1 Å². The number of aryl methyl sites for hydroxylation is 1. The van der Waals surface area contributed by atoms with Gasteiger partial charge in [-0.25, -0.2) is 9.78 Å². The summed E-state index contributed by atoms with van der Waals surface area (Å²) in [5, 5.41) is 9.95. The second-order valence-electron chi connectivity index (χ2n) is 9.38. The van der Waals surface area contributed by atoms with Crippen LogP contribution in [0.3, 0.4) is 0 Å². The van der Waals surface area contributed by atoms with Gasteiger partial charge in [-0.15, -0.1) is 0 Å². The Morgan fingerprint density at radius 2 is 2.06 bits per heavy atom. The van der Waals surface area contributed by atoms with Crippen molar-refractivity contribution in [1.29, 1.82) is 0 Å². The number of hydrogen-bond donors (Lipinski definition) is 2. The number of nitrogens with one attached hydrogen (secondary N) is 2. The Balaban J connectivity index is 1.37. The maximum atomic E-state index is 12.3. The number of pyridine rings is 1. The number of aromatic nitrogens is 4. The van der Waals surface area contributed by atoms with Gasteiger partial charge < -0.3 is 19.9 Å². The van der Waals surface area contributed by atoms with Gasteiger partial charge in [-0.2, -0.15) is 5.10 Å². The second kappa shape index (κ2) is 7.95. The third kappa shape index (κ3) is 4.28. The number of hydrogen-bond acceptors (Lipinski definition) is 5. The van der Waals surface area contributed by atoms with Gasteiger partial charge in [0.25, 0.3) is 0 Å². The van der Waals surface area contributed by atoms with Crippen molar-refractivity contribution in [2.24, 2.45) is 7.05 Å². The summed E-state index contributed by atoms with van der Waals surface area (Å²) in [7, 11) is 1.94. The molecule has 1 aliphatic rings. The van der Waals surface area contributed by atoms with Gasteiger partial charge in [0.1, 0.15) is 11.2 Å². The Kier molecular flexibility index (Phi) is 5.08. The number of benzene rings is 1. The molecular formula is C25H28N6O2. The molecule has 0 radical (unpaired) electrons. The lowest BCUT2D eigenvalue weighted by molar-refractivity contribution is 0.0270. The molecule has 0 bridgehead atoms. The maximum absolute atomic E-state index is 12.3. The van der Waals surface area contributed by atoms with Crippen molar-refractivity contribution in [2.45, 2.75) is 32.8 Å². The first-order chi connectivity index (χ1) is 15.8. The highest BCUT2D eigenvalue weighted by molar-refractivity contribution is 5.95. The minimum absolute atomic E-state index is 0.270. The molecule has 0 atom stereocenters. The predicted octanol–water partition coefficient (Wildman–Crippen LogP) is 5.22. The largest absolute Gasteiger partial charge is 0.444 e. The quantitative estimate of drug-likeness (QED) is 0.452. The summed E-state index contributed by atoms with van der Waals surface area (Å²) < 4.78 is 7.36. The van der Waals surface area contributed by atoms with Crippen LogP contribution in [0.5, 0.6) is 0 Å². The monoisotopic (exact) mass is 444 g/mol. The number of aromatic amines is 1. The Hall–Kier alpha value is -3.81. The number of anilines is 2. The molecule has 0 saturated heterocycles. The number of H-pyrrole nitrogens is 1. The number of rotatable bonds is 3. The Bertz CT molecular complexity index is 1370. The van der Waals surface area contributed by atoms with E-state index in [9.17, 15) is 4.79 Å². The molecule has 1 aliphatic heterocycles. The second-order valence-corrected chi connectivity index (χ2v) is 9.38. The highest BCUT2D eigenvalue weighted by Crippen LogP contribution is 2.31. The molecule has 0 spiro atoms. The summed E-state index contributed by atoms with van der Waals surface area (Å²) in [5.74, 6) is 0. The predicted molar refractivity (Wildman–Crippen MR) is 130 cm³/mol. The van der Waals surface area contributed by atoms with Crippen molar-refractivity contribution >= 4 is 45.0 Å². The highest BCUT2D eigenvalue weighted by Gasteiger charge is 2.24. The molecule has 8 heteroatoms. The number of nitrogens with zero attached hydrogens (tertiary/aromatic N) is 4. The Morgan fingerprint density at radius 1 is 1.21 bits per heavy atom. The van der Waals surface area contributed by atoms with Crippen molar-refractivity contribution in [2.75, 3.05) is 18.4 Å². The van der Waals surface area contributed by atoms with E-state index in [4.69, 9.17) is 4.74 Å². The number of amides is 1. The average molecular weight is 445 g/mol. The van der Waals surface area contributed by atoms with Gasteiger partial charge in [0.05, 0.1) is 17.4 Å². The zero-order valence-corrected chi connectivity index (χ0v) is 19.3. The molecule has 0 saturated carbocycles.